The van der Waals surface area contributed by atoms with Crippen LogP contribution in [0.25, 0.3) is 11.4 Å². The molecule has 2 rings (SSSR count). The van der Waals surface area contributed by atoms with Gasteiger partial charge in [-0.1, -0.05) is 34.5 Å². The summed E-state index contributed by atoms with van der Waals surface area (Å²) in [5.74, 6) is 0.671. The maximum Gasteiger partial charge on any atom is 0.161 e. The van der Waals surface area contributed by atoms with Gasteiger partial charge in [-0.05, 0) is 53.0 Å². The topological polar surface area (TPSA) is 25.8 Å². The van der Waals surface area contributed by atoms with E-state index in [4.69, 9.17) is 11.6 Å². The van der Waals surface area contributed by atoms with Gasteiger partial charge in [-0.2, -0.15) is 0 Å². The highest BCUT2D eigenvalue weighted by molar-refractivity contribution is 9.10. The van der Waals surface area contributed by atoms with Crippen molar-refractivity contribution in [2.24, 2.45) is 0 Å². The average molecular weight is 391 g/mol. The van der Waals surface area contributed by atoms with Crippen LogP contribution in [0.15, 0.2) is 27.1 Å². The van der Waals surface area contributed by atoms with Crippen LogP contribution < -0.4 is 0 Å². The summed E-state index contributed by atoms with van der Waals surface area (Å²) in [5.41, 5.74) is 3.04. The van der Waals surface area contributed by atoms with Gasteiger partial charge in [0.1, 0.15) is 5.15 Å². The number of halogens is 3. The van der Waals surface area contributed by atoms with Gasteiger partial charge in [0.15, 0.2) is 5.82 Å². The lowest BCUT2D eigenvalue weighted by atomic mass is 10.1. The minimum absolute atomic E-state index is 0.458. The molecule has 0 amide bonds. The first-order valence-electron chi connectivity index (χ1n) is 5.51. The van der Waals surface area contributed by atoms with Crippen molar-refractivity contribution in [1.29, 1.82) is 0 Å². The van der Waals surface area contributed by atoms with Crippen LogP contribution in [0, 0.1) is 6.92 Å². The zero-order valence-electron chi connectivity index (χ0n) is 9.97. The van der Waals surface area contributed by atoms with Crippen LogP contribution in [0.3, 0.4) is 0 Å². The van der Waals surface area contributed by atoms with Gasteiger partial charge in [0, 0.05) is 10.0 Å². The van der Waals surface area contributed by atoms with Gasteiger partial charge in [-0.15, -0.1) is 0 Å². The Morgan fingerprint density at radius 3 is 2.56 bits per heavy atom. The molecule has 18 heavy (non-hydrogen) atoms. The molecule has 0 atom stereocenters. The molecule has 0 aliphatic rings. The highest BCUT2D eigenvalue weighted by Gasteiger charge is 2.12. The monoisotopic (exact) mass is 388 g/mol. The fraction of sp³-hybridized carbons (Fsp3) is 0.231. The summed E-state index contributed by atoms with van der Waals surface area (Å²) in [6, 6.07) is 6.02. The van der Waals surface area contributed by atoms with E-state index in [0.29, 0.717) is 11.0 Å². The van der Waals surface area contributed by atoms with Gasteiger partial charge >= 0.3 is 0 Å². The Morgan fingerprint density at radius 2 is 1.94 bits per heavy atom. The second-order valence-corrected chi connectivity index (χ2v) is 5.98. The van der Waals surface area contributed by atoms with Gasteiger partial charge in [0.2, 0.25) is 0 Å². The molecular formula is C13H11Br2ClN2. The number of benzene rings is 1. The Labute approximate surface area is 128 Å². The number of rotatable bonds is 2. The van der Waals surface area contributed by atoms with Crippen molar-refractivity contribution in [1.82, 2.24) is 9.97 Å². The Kier molecular flexibility index (Phi) is 4.41. The third kappa shape index (κ3) is 2.76. The molecule has 1 aromatic heterocycles. The molecule has 0 aliphatic heterocycles. The molecule has 0 bridgehead atoms. The summed E-state index contributed by atoms with van der Waals surface area (Å²) in [6.45, 7) is 4.08. The van der Waals surface area contributed by atoms with Crippen LogP contribution in [0.1, 0.15) is 18.2 Å². The van der Waals surface area contributed by atoms with Crippen molar-refractivity contribution in [2.45, 2.75) is 20.3 Å². The van der Waals surface area contributed by atoms with Crippen molar-refractivity contribution < 1.29 is 0 Å². The molecule has 5 heteroatoms. The number of aromatic nitrogens is 2. The van der Waals surface area contributed by atoms with Crippen molar-refractivity contribution in [3.05, 3.63) is 43.6 Å². The van der Waals surface area contributed by atoms with E-state index in [9.17, 15) is 0 Å². The normalized spacial score (nSPS) is 10.7. The van der Waals surface area contributed by atoms with Crippen LogP contribution in [-0.2, 0) is 6.42 Å². The molecule has 0 radical (unpaired) electrons. The van der Waals surface area contributed by atoms with Gasteiger partial charge < -0.3 is 0 Å². The van der Waals surface area contributed by atoms with E-state index >= 15 is 0 Å². The SMILES string of the molecule is CCc1nc(-c2ccc(Br)cc2C)nc(Cl)c1Br. The third-order valence-electron chi connectivity index (χ3n) is 2.64. The van der Waals surface area contributed by atoms with Crippen LogP contribution >= 0.6 is 43.5 Å². The molecule has 0 aliphatic carbocycles. The standard InChI is InChI=1S/C13H11Br2ClN2/c1-3-10-11(15)12(16)18-13(17-10)9-5-4-8(14)6-7(9)2/h4-6H,3H2,1-2H3. The van der Waals surface area contributed by atoms with Crippen LogP contribution in [0.5, 0.6) is 0 Å². The molecule has 0 unspecified atom stereocenters. The number of aryl methyl sites for hydroxylation is 2. The number of nitrogens with zero attached hydrogens (tertiary/aromatic N) is 2. The first kappa shape index (κ1) is 14.0. The Hall–Kier alpha value is -0.450. The number of hydrogen-bond donors (Lipinski definition) is 0. The van der Waals surface area contributed by atoms with Gasteiger partial charge in [0.25, 0.3) is 0 Å². The lowest BCUT2D eigenvalue weighted by Gasteiger charge is -2.09. The van der Waals surface area contributed by atoms with E-state index < -0.39 is 0 Å². The van der Waals surface area contributed by atoms with Gasteiger partial charge in [-0.3, -0.25) is 0 Å². The molecule has 0 saturated carbocycles. The van der Waals surface area contributed by atoms with Crippen LogP contribution in [0.2, 0.25) is 5.15 Å². The molecular weight excluding hydrogens is 379 g/mol. The predicted molar refractivity (Wildman–Crippen MR) is 82.0 cm³/mol. The zero-order chi connectivity index (χ0) is 13.3. The zero-order valence-corrected chi connectivity index (χ0v) is 13.9. The maximum absolute atomic E-state index is 6.12. The summed E-state index contributed by atoms with van der Waals surface area (Å²) < 4.78 is 1.83. The number of hydrogen-bond acceptors (Lipinski definition) is 2. The Morgan fingerprint density at radius 1 is 1.22 bits per heavy atom. The molecule has 94 valence electrons. The van der Waals surface area contributed by atoms with Crippen LogP contribution in [0.4, 0.5) is 0 Å². The third-order valence-corrected chi connectivity index (χ3v) is 4.47. The minimum atomic E-state index is 0.458. The highest BCUT2D eigenvalue weighted by atomic mass is 79.9. The minimum Gasteiger partial charge on any atom is -0.232 e. The average Bonchev–Trinajstić information content (AvgIpc) is 2.32. The largest absolute Gasteiger partial charge is 0.232 e. The molecule has 2 nitrogen and oxygen atoms in total. The second kappa shape index (κ2) is 5.68. The molecule has 1 heterocycles. The van der Waals surface area contributed by atoms with E-state index in [1.54, 1.807) is 0 Å². The molecule has 0 fully saturated rings. The molecule has 1 aromatic carbocycles. The Balaban J connectivity index is 2.60. The van der Waals surface area contributed by atoms with E-state index in [-0.39, 0.29) is 0 Å². The fourth-order valence-corrected chi connectivity index (χ4v) is 2.82. The van der Waals surface area contributed by atoms with E-state index in [1.807, 2.05) is 32.0 Å². The first-order chi connectivity index (χ1) is 8.52. The summed E-state index contributed by atoms with van der Waals surface area (Å²) >= 11 is 13.0. The van der Waals surface area contributed by atoms with Gasteiger partial charge in [0.05, 0.1) is 10.2 Å². The quantitative estimate of drug-likeness (QED) is 0.659. The lowest BCUT2D eigenvalue weighted by Crippen LogP contribution is -1.98. The van der Waals surface area contributed by atoms with E-state index in [2.05, 4.69) is 41.8 Å². The van der Waals surface area contributed by atoms with E-state index in [0.717, 1.165) is 32.2 Å². The van der Waals surface area contributed by atoms with Crippen molar-refractivity contribution in [2.75, 3.05) is 0 Å². The summed E-state index contributed by atoms with van der Waals surface area (Å²) in [6.07, 6.45) is 0.811. The smallest absolute Gasteiger partial charge is 0.161 e. The van der Waals surface area contributed by atoms with Crippen molar-refractivity contribution >= 4 is 43.5 Å². The predicted octanol–water partition coefficient (Wildman–Crippen LogP) is 5.19. The second-order valence-electron chi connectivity index (χ2n) is 3.91. The first-order valence-corrected chi connectivity index (χ1v) is 7.47. The molecule has 0 saturated heterocycles. The van der Waals surface area contributed by atoms with E-state index in [1.165, 1.54) is 0 Å². The van der Waals surface area contributed by atoms with Gasteiger partial charge in [-0.25, -0.2) is 9.97 Å². The molecule has 2 aromatic rings. The lowest BCUT2D eigenvalue weighted by molar-refractivity contribution is 0.989. The maximum atomic E-state index is 6.12. The summed E-state index contributed by atoms with van der Waals surface area (Å²) in [5, 5.41) is 0.458. The van der Waals surface area contributed by atoms with Crippen molar-refractivity contribution in [3.63, 3.8) is 0 Å². The molecule has 0 N–H and O–H groups in total. The fourth-order valence-electron chi connectivity index (χ4n) is 1.70. The van der Waals surface area contributed by atoms with Crippen molar-refractivity contribution in [3.8, 4) is 11.4 Å². The molecule has 0 spiro atoms. The Bertz CT molecular complexity index is 600. The summed E-state index contributed by atoms with van der Waals surface area (Å²) in [7, 11) is 0. The highest BCUT2D eigenvalue weighted by Crippen LogP contribution is 2.29. The summed E-state index contributed by atoms with van der Waals surface area (Å²) in [4.78, 5) is 8.89. The van der Waals surface area contributed by atoms with Crippen LogP contribution in [-0.4, -0.2) is 9.97 Å².